The molecule has 3 rings (SSSR count). The van der Waals surface area contributed by atoms with Crippen molar-refractivity contribution in [2.45, 2.75) is 6.18 Å². The molecule has 0 aromatic heterocycles. The first-order valence-corrected chi connectivity index (χ1v) is 10.1. The highest BCUT2D eigenvalue weighted by Crippen LogP contribution is 2.32. The quantitative estimate of drug-likeness (QED) is 0.676. The summed E-state index contributed by atoms with van der Waals surface area (Å²) in [7, 11) is 0. The number of amides is 3. The summed E-state index contributed by atoms with van der Waals surface area (Å²) in [6.07, 6.45) is -4.62. The molecule has 32 heavy (non-hydrogen) atoms. The number of alkyl halides is 3. The van der Waals surface area contributed by atoms with Crippen LogP contribution in [0.25, 0.3) is 0 Å². The van der Waals surface area contributed by atoms with Crippen molar-refractivity contribution in [2.75, 3.05) is 32.7 Å². The van der Waals surface area contributed by atoms with Gasteiger partial charge in [0.1, 0.15) is 0 Å². The molecule has 3 amide bonds. The summed E-state index contributed by atoms with van der Waals surface area (Å²) >= 11 is 5.93. The summed E-state index contributed by atoms with van der Waals surface area (Å²) in [5, 5.41) is 0.243. The Kier molecular flexibility index (Phi) is 7.37. The summed E-state index contributed by atoms with van der Waals surface area (Å²) in [4.78, 5) is 39.9. The Morgan fingerprint density at radius 1 is 0.875 bits per heavy atom. The lowest BCUT2D eigenvalue weighted by Gasteiger charge is -2.34. The summed E-state index contributed by atoms with van der Waals surface area (Å²) in [5.74, 6) is -1.75. The molecule has 0 radical (unpaired) electrons. The summed E-state index contributed by atoms with van der Waals surface area (Å²) in [6.45, 7) is 0.885. The zero-order valence-corrected chi connectivity index (χ0v) is 17.5. The number of rotatable bonds is 4. The summed E-state index contributed by atoms with van der Waals surface area (Å²) in [6, 6.07) is 11.0. The minimum atomic E-state index is -4.62. The lowest BCUT2D eigenvalue weighted by molar-refractivity contribution is -0.138. The number of nitrogens with zero attached hydrogens (tertiary/aromatic N) is 2. The maximum absolute atomic E-state index is 13.2. The molecule has 1 saturated heterocycles. The van der Waals surface area contributed by atoms with Crippen LogP contribution >= 0.6 is 11.6 Å². The Balaban J connectivity index is 1.49. The van der Waals surface area contributed by atoms with E-state index in [9.17, 15) is 27.6 Å². The average Bonchev–Trinajstić information content (AvgIpc) is 2.77. The monoisotopic (exact) mass is 468 g/mol. The molecule has 1 aliphatic rings. The van der Waals surface area contributed by atoms with Gasteiger partial charge in [0.2, 0.25) is 0 Å². The van der Waals surface area contributed by atoms with E-state index in [-0.39, 0.29) is 30.2 Å². The minimum Gasteiger partial charge on any atom is -0.336 e. The molecule has 0 aliphatic carbocycles. The predicted molar refractivity (Wildman–Crippen MR) is 111 cm³/mol. The maximum atomic E-state index is 13.2. The second-order valence-corrected chi connectivity index (χ2v) is 7.50. The topological polar surface area (TPSA) is 81.8 Å². The van der Waals surface area contributed by atoms with E-state index in [1.807, 2.05) is 0 Å². The smallest absolute Gasteiger partial charge is 0.336 e. The first-order valence-electron chi connectivity index (χ1n) is 9.68. The van der Waals surface area contributed by atoms with E-state index in [2.05, 4.69) is 10.9 Å². The van der Waals surface area contributed by atoms with E-state index in [0.717, 1.165) is 12.1 Å². The molecule has 170 valence electrons. The third-order valence-electron chi connectivity index (χ3n) is 4.92. The molecule has 7 nitrogen and oxygen atoms in total. The zero-order chi connectivity index (χ0) is 23.3. The van der Waals surface area contributed by atoms with Gasteiger partial charge in [0.25, 0.3) is 17.7 Å². The van der Waals surface area contributed by atoms with Gasteiger partial charge >= 0.3 is 6.18 Å². The highest BCUT2D eigenvalue weighted by atomic mass is 35.5. The Bertz CT molecular complexity index is 1010. The van der Waals surface area contributed by atoms with Crippen LogP contribution in [0, 0.1) is 0 Å². The Morgan fingerprint density at radius 3 is 2.09 bits per heavy atom. The average molecular weight is 469 g/mol. The van der Waals surface area contributed by atoms with E-state index < -0.39 is 35.0 Å². The number of hydrazine groups is 1. The van der Waals surface area contributed by atoms with Crippen LogP contribution in [0.1, 0.15) is 26.3 Å². The normalized spacial score (nSPS) is 14.7. The van der Waals surface area contributed by atoms with E-state index in [1.54, 1.807) is 23.1 Å². The number of carbonyl (C=O) groups excluding carboxylic acids is 3. The van der Waals surface area contributed by atoms with Gasteiger partial charge in [0.15, 0.2) is 0 Å². The molecule has 0 saturated carbocycles. The zero-order valence-electron chi connectivity index (χ0n) is 16.8. The first-order chi connectivity index (χ1) is 15.2. The number of benzene rings is 2. The van der Waals surface area contributed by atoms with Crippen molar-refractivity contribution >= 4 is 29.3 Å². The van der Waals surface area contributed by atoms with Crippen LogP contribution in [-0.2, 0) is 11.0 Å². The highest BCUT2D eigenvalue weighted by molar-refractivity contribution is 6.33. The SMILES string of the molecule is O=C(CN1CCN(C(=O)c2ccccc2C(F)(F)F)CC1)NNC(=O)c1ccccc1Cl. The fourth-order valence-electron chi connectivity index (χ4n) is 3.28. The van der Waals surface area contributed by atoms with Crippen molar-refractivity contribution in [1.82, 2.24) is 20.7 Å². The van der Waals surface area contributed by atoms with Crippen LogP contribution in [0.15, 0.2) is 48.5 Å². The molecular weight excluding hydrogens is 449 g/mol. The molecule has 1 aliphatic heterocycles. The standard InChI is InChI=1S/C21H20ClF3N4O3/c22-17-8-4-2-6-15(17)19(31)27-26-18(30)13-28-9-11-29(12-10-28)20(32)14-5-1-3-7-16(14)21(23,24)25/h1-8H,9-13H2,(H,26,30)(H,27,31). The van der Waals surface area contributed by atoms with Gasteiger partial charge in [0, 0.05) is 26.2 Å². The highest BCUT2D eigenvalue weighted by Gasteiger charge is 2.36. The van der Waals surface area contributed by atoms with Crippen molar-refractivity contribution in [3.63, 3.8) is 0 Å². The largest absolute Gasteiger partial charge is 0.417 e. The Morgan fingerprint density at radius 2 is 1.47 bits per heavy atom. The van der Waals surface area contributed by atoms with Gasteiger partial charge in [-0.2, -0.15) is 13.2 Å². The predicted octanol–water partition coefficient (Wildman–Crippen LogP) is 2.58. The second-order valence-electron chi connectivity index (χ2n) is 7.09. The van der Waals surface area contributed by atoms with E-state index >= 15 is 0 Å². The summed E-state index contributed by atoms with van der Waals surface area (Å²) < 4.78 is 39.5. The number of piperazine rings is 1. The molecular formula is C21H20ClF3N4O3. The molecule has 1 fully saturated rings. The minimum absolute atomic E-state index is 0.0516. The Labute approximate surface area is 187 Å². The number of nitrogens with one attached hydrogen (secondary N) is 2. The van der Waals surface area contributed by atoms with Crippen molar-refractivity contribution in [3.05, 3.63) is 70.2 Å². The fraction of sp³-hybridized carbons (Fsp3) is 0.286. The lowest BCUT2D eigenvalue weighted by atomic mass is 10.1. The van der Waals surface area contributed by atoms with E-state index in [4.69, 9.17) is 11.6 Å². The van der Waals surface area contributed by atoms with Crippen LogP contribution in [0.4, 0.5) is 13.2 Å². The lowest BCUT2D eigenvalue weighted by Crippen LogP contribution is -2.53. The van der Waals surface area contributed by atoms with Crippen molar-refractivity contribution in [3.8, 4) is 0 Å². The van der Waals surface area contributed by atoms with Crippen LogP contribution in [-0.4, -0.2) is 60.2 Å². The molecule has 2 aromatic rings. The molecule has 0 atom stereocenters. The number of hydrogen-bond donors (Lipinski definition) is 2. The van der Waals surface area contributed by atoms with Gasteiger partial charge in [-0.25, -0.2) is 0 Å². The van der Waals surface area contributed by atoms with E-state index in [1.165, 1.54) is 23.1 Å². The summed E-state index contributed by atoms with van der Waals surface area (Å²) in [5.41, 5.74) is 3.42. The third-order valence-corrected chi connectivity index (χ3v) is 5.25. The number of carbonyl (C=O) groups is 3. The van der Waals surface area contributed by atoms with Crippen LogP contribution in [0.5, 0.6) is 0 Å². The van der Waals surface area contributed by atoms with Gasteiger partial charge in [-0.3, -0.25) is 30.1 Å². The fourth-order valence-corrected chi connectivity index (χ4v) is 3.50. The van der Waals surface area contributed by atoms with Gasteiger partial charge < -0.3 is 4.90 Å². The molecule has 0 bridgehead atoms. The van der Waals surface area contributed by atoms with Gasteiger partial charge in [-0.1, -0.05) is 35.9 Å². The van der Waals surface area contributed by atoms with Crippen molar-refractivity contribution < 1.29 is 27.6 Å². The second kappa shape index (κ2) is 10.0. The van der Waals surface area contributed by atoms with E-state index in [0.29, 0.717) is 13.1 Å². The van der Waals surface area contributed by atoms with Crippen LogP contribution < -0.4 is 10.9 Å². The van der Waals surface area contributed by atoms with Gasteiger partial charge in [-0.05, 0) is 24.3 Å². The molecule has 11 heteroatoms. The molecule has 0 spiro atoms. The van der Waals surface area contributed by atoms with Crippen molar-refractivity contribution in [2.24, 2.45) is 0 Å². The van der Waals surface area contributed by atoms with Crippen LogP contribution in [0.3, 0.4) is 0 Å². The number of halogens is 4. The molecule has 2 aromatic carbocycles. The Hall–Kier alpha value is -3.11. The maximum Gasteiger partial charge on any atom is 0.417 e. The third kappa shape index (κ3) is 5.77. The first kappa shape index (κ1) is 23.6. The van der Waals surface area contributed by atoms with Crippen LogP contribution in [0.2, 0.25) is 5.02 Å². The molecule has 2 N–H and O–H groups in total. The van der Waals surface area contributed by atoms with Crippen molar-refractivity contribution in [1.29, 1.82) is 0 Å². The molecule has 0 unspecified atom stereocenters. The van der Waals surface area contributed by atoms with Gasteiger partial charge in [0.05, 0.1) is 28.3 Å². The van der Waals surface area contributed by atoms with Gasteiger partial charge in [-0.15, -0.1) is 0 Å². The molecule has 1 heterocycles. The number of hydrogen-bond acceptors (Lipinski definition) is 4.